The Morgan fingerprint density at radius 2 is 2.08 bits per heavy atom. The van der Waals surface area contributed by atoms with E-state index in [1.165, 1.54) is 12.1 Å². The zero-order valence-corrected chi connectivity index (χ0v) is 14.3. The van der Waals surface area contributed by atoms with E-state index in [0.29, 0.717) is 25.4 Å². The number of furan rings is 1. The molecular weight excluding hydrogens is 366 g/mol. The molecular formula is C16H16ClN3O6. The maximum atomic E-state index is 11.8. The van der Waals surface area contributed by atoms with Crippen molar-refractivity contribution in [1.29, 1.82) is 0 Å². The summed E-state index contributed by atoms with van der Waals surface area (Å²) in [5.74, 6) is -1.09. The van der Waals surface area contributed by atoms with Crippen LogP contribution in [-0.4, -0.2) is 29.9 Å². The molecule has 1 aromatic heterocycles. The maximum Gasteiger partial charge on any atom is 0.313 e. The third-order valence-corrected chi connectivity index (χ3v) is 3.50. The Labute approximate surface area is 153 Å². The average Bonchev–Trinajstić information content (AvgIpc) is 3.12. The van der Waals surface area contributed by atoms with Gasteiger partial charge in [-0.3, -0.25) is 19.7 Å². The van der Waals surface area contributed by atoms with Crippen molar-refractivity contribution < 1.29 is 23.7 Å². The van der Waals surface area contributed by atoms with Gasteiger partial charge >= 0.3 is 11.8 Å². The lowest BCUT2D eigenvalue weighted by atomic mass is 10.2. The quantitative estimate of drug-likeness (QED) is 0.313. The minimum atomic E-state index is -0.932. The van der Waals surface area contributed by atoms with Crippen LogP contribution in [0.25, 0.3) is 0 Å². The van der Waals surface area contributed by atoms with Crippen LogP contribution >= 0.6 is 11.6 Å². The van der Waals surface area contributed by atoms with Gasteiger partial charge in [-0.05, 0) is 30.7 Å². The predicted octanol–water partition coefficient (Wildman–Crippen LogP) is 2.50. The first-order valence-corrected chi connectivity index (χ1v) is 7.98. The minimum Gasteiger partial charge on any atom is -0.467 e. The number of carbonyl (C=O) groups is 2. The number of rotatable bonds is 8. The van der Waals surface area contributed by atoms with Crippen LogP contribution in [0.2, 0.25) is 5.02 Å². The van der Waals surface area contributed by atoms with E-state index in [9.17, 15) is 19.7 Å². The van der Waals surface area contributed by atoms with Crippen LogP contribution in [0.5, 0.6) is 0 Å². The number of anilines is 1. The largest absolute Gasteiger partial charge is 0.467 e. The second-order valence-electron chi connectivity index (χ2n) is 5.12. The summed E-state index contributed by atoms with van der Waals surface area (Å²) < 4.78 is 10.4. The van der Waals surface area contributed by atoms with Crippen LogP contribution in [0.4, 0.5) is 11.4 Å². The third-order valence-electron chi connectivity index (χ3n) is 3.18. The molecule has 0 aliphatic heterocycles. The van der Waals surface area contributed by atoms with Crippen LogP contribution in [-0.2, 0) is 20.9 Å². The Balaban J connectivity index is 1.69. The topological polar surface area (TPSA) is 124 Å². The second kappa shape index (κ2) is 9.54. The van der Waals surface area contributed by atoms with Crippen LogP contribution < -0.4 is 10.6 Å². The van der Waals surface area contributed by atoms with Gasteiger partial charge in [0, 0.05) is 24.9 Å². The van der Waals surface area contributed by atoms with E-state index >= 15 is 0 Å². The Hall–Kier alpha value is -2.91. The van der Waals surface area contributed by atoms with Gasteiger partial charge in [-0.1, -0.05) is 11.6 Å². The number of amides is 2. The van der Waals surface area contributed by atoms with Gasteiger partial charge in [0.2, 0.25) is 0 Å². The van der Waals surface area contributed by atoms with Crippen molar-refractivity contribution in [3.05, 3.63) is 57.5 Å². The maximum absolute atomic E-state index is 11.8. The number of nitrogens with one attached hydrogen (secondary N) is 2. The molecule has 0 radical (unpaired) electrons. The van der Waals surface area contributed by atoms with Crippen molar-refractivity contribution in [2.24, 2.45) is 0 Å². The van der Waals surface area contributed by atoms with Gasteiger partial charge in [0.25, 0.3) is 5.69 Å². The molecule has 0 fully saturated rings. The van der Waals surface area contributed by atoms with Crippen LogP contribution in [0.3, 0.4) is 0 Å². The number of carbonyl (C=O) groups excluding carboxylic acids is 2. The summed E-state index contributed by atoms with van der Waals surface area (Å²) in [7, 11) is 0. The highest BCUT2D eigenvalue weighted by Crippen LogP contribution is 2.27. The molecule has 2 rings (SSSR count). The number of benzene rings is 1. The first-order chi connectivity index (χ1) is 12.5. The number of ether oxygens (including phenoxy) is 1. The highest BCUT2D eigenvalue weighted by Gasteiger charge is 2.17. The van der Waals surface area contributed by atoms with Gasteiger partial charge in [-0.25, -0.2) is 0 Å². The number of nitro groups is 1. The Morgan fingerprint density at radius 3 is 2.77 bits per heavy atom. The Morgan fingerprint density at radius 1 is 1.27 bits per heavy atom. The van der Waals surface area contributed by atoms with E-state index in [2.05, 4.69) is 10.6 Å². The summed E-state index contributed by atoms with van der Waals surface area (Å²) >= 11 is 5.68. The number of hydrogen-bond donors (Lipinski definition) is 2. The average molecular weight is 382 g/mol. The van der Waals surface area contributed by atoms with Gasteiger partial charge in [0.05, 0.1) is 11.2 Å². The van der Waals surface area contributed by atoms with Gasteiger partial charge < -0.3 is 19.8 Å². The lowest BCUT2D eigenvalue weighted by Gasteiger charge is -2.07. The van der Waals surface area contributed by atoms with E-state index < -0.39 is 16.7 Å². The second-order valence-corrected chi connectivity index (χ2v) is 5.53. The molecule has 138 valence electrons. The van der Waals surface area contributed by atoms with Crippen molar-refractivity contribution in [3.63, 3.8) is 0 Å². The molecule has 2 aromatic rings. The summed E-state index contributed by atoms with van der Waals surface area (Å²) in [4.78, 5) is 33.6. The first-order valence-electron chi connectivity index (χ1n) is 7.60. The van der Waals surface area contributed by atoms with Gasteiger partial charge in [-0.15, -0.1) is 0 Å². The molecule has 0 atom stereocenters. The molecule has 1 heterocycles. The lowest BCUT2D eigenvalue weighted by Crippen LogP contribution is -2.36. The van der Waals surface area contributed by atoms with Crippen LogP contribution in [0, 0.1) is 10.1 Å². The van der Waals surface area contributed by atoms with E-state index in [4.69, 9.17) is 20.8 Å². The smallest absolute Gasteiger partial charge is 0.313 e. The fourth-order valence-electron chi connectivity index (χ4n) is 1.94. The molecule has 0 unspecified atom stereocenters. The standard InChI is InChI=1S/C16H16ClN3O6/c17-13-5-4-11(9-14(13)20(23)24)19-16(22)15(21)18-6-2-7-25-10-12-3-1-8-26-12/h1,3-5,8-9H,2,6-7,10H2,(H,18,21)(H,19,22). The molecule has 0 saturated carbocycles. The van der Waals surface area contributed by atoms with E-state index in [-0.39, 0.29) is 22.9 Å². The fourth-order valence-corrected chi connectivity index (χ4v) is 2.13. The molecule has 0 spiro atoms. The third kappa shape index (κ3) is 5.87. The summed E-state index contributed by atoms with van der Waals surface area (Å²) in [5, 5.41) is 15.5. The monoisotopic (exact) mass is 381 g/mol. The van der Waals surface area contributed by atoms with Crippen molar-refractivity contribution in [1.82, 2.24) is 5.32 Å². The van der Waals surface area contributed by atoms with Crippen molar-refractivity contribution in [2.45, 2.75) is 13.0 Å². The molecule has 0 bridgehead atoms. The summed E-state index contributed by atoms with van der Waals surface area (Å²) in [6, 6.07) is 7.25. The number of nitro benzene ring substituents is 1. The summed E-state index contributed by atoms with van der Waals surface area (Å²) in [5.41, 5.74) is -0.262. The number of hydrogen-bond acceptors (Lipinski definition) is 6. The van der Waals surface area contributed by atoms with Crippen LogP contribution in [0.1, 0.15) is 12.2 Å². The molecule has 2 N–H and O–H groups in total. The van der Waals surface area contributed by atoms with E-state index in [0.717, 1.165) is 6.07 Å². The molecule has 0 aliphatic carbocycles. The molecule has 10 heteroatoms. The van der Waals surface area contributed by atoms with E-state index in [1.807, 2.05) is 0 Å². The summed E-state index contributed by atoms with van der Waals surface area (Å²) in [6.07, 6.45) is 2.05. The summed E-state index contributed by atoms with van der Waals surface area (Å²) in [6.45, 7) is 0.952. The van der Waals surface area contributed by atoms with E-state index in [1.54, 1.807) is 18.4 Å². The molecule has 0 saturated heterocycles. The molecule has 0 aliphatic rings. The zero-order valence-electron chi connectivity index (χ0n) is 13.6. The van der Waals surface area contributed by atoms with Gasteiger partial charge in [0.1, 0.15) is 17.4 Å². The van der Waals surface area contributed by atoms with Gasteiger partial charge in [0.15, 0.2) is 0 Å². The fraction of sp³-hybridized carbons (Fsp3) is 0.250. The van der Waals surface area contributed by atoms with Gasteiger partial charge in [-0.2, -0.15) is 0 Å². The van der Waals surface area contributed by atoms with Crippen LogP contribution in [0.15, 0.2) is 41.0 Å². The molecule has 1 aromatic carbocycles. The van der Waals surface area contributed by atoms with Crippen molar-refractivity contribution in [2.75, 3.05) is 18.5 Å². The van der Waals surface area contributed by atoms with Crippen molar-refractivity contribution >= 4 is 34.8 Å². The number of halogens is 1. The lowest BCUT2D eigenvalue weighted by molar-refractivity contribution is -0.384. The molecule has 26 heavy (non-hydrogen) atoms. The first kappa shape index (κ1) is 19.4. The Kier molecular flexibility index (Phi) is 7.12. The highest BCUT2D eigenvalue weighted by atomic mass is 35.5. The highest BCUT2D eigenvalue weighted by molar-refractivity contribution is 6.39. The normalized spacial score (nSPS) is 10.3. The van der Waals surface area contributed by atoms with Crippen molar-refractivity contribution in [3.8, 4) is 0 Å². The molecule has 2 amide bonds. The Bertz CT molecular complexity index is 778. The molecule has 9 nitrogen and oxygen atoms in total. The number of nitrogens with zero attached hydrogens (tertiary/aromatic N) is 1. The predicted molar refractivity (Wildman–Crippen MR) is 92.7 cm³/mol. The minimum absolute atomic E-state index is 0.0630. The zero-order chi connectivity index (χ0) is 18.9. The SMILES string of the molecule is O=C(NCCCOCc1ccco1)C(=O)Nc1ccc(Cl)c([N+](=O)[O-])c1.